The van der Waals surface area contributed by atoms with Gasteiger partial charge in [-0.2, -0.15) is 0 Å². The quantitative estimate of drug-likeness (QED) is 0.708. The molecular formula is C20H20ClF2NO5S2. The largest absolute Gasteiger partial charge is 0.490 e. The predicted molar refractivity (Wildman–Crippen MR) is 111 cm³/mol. The molecule has 168 valence electrons. The summed E-state index contributed by atoms with van der Waals surface area (Å²) in [5.74, 6) is -3.12. The van der Waals surface area contributed by atoms with Gasteiger partial charge < -0.3 is 4.74 Å². The number of hydrogen-bond donors (Lipinski definition) is 1. The Morgan fingerprint density at radius 2 is 1.71 bits per heavy atom. The van der Waals surface area contributed by atoms with Gasteiger partial charge in [0.1, 0.15) is 10.6 Å². The number of hydrogen-bond acceptors (Lipinski definition) is 5. The summed E-state index contributed by atoms with van der Waals surface area (Å²) in [4.78, 5) is -0.103. The normalized spacial score (nSPS) is 25.9. The number of sulfone groups is 1. The molecule has 0 amide bonds. The molecule has 1 N–H and O–H groups in total. The van der Waals surface area contributed by atoms with Gasteiger partial charge in [-0.1, -0.05) is 11.6 Å². The van der Waals surface area contributed by atoms with E-state index in [-0.39, 0.29) is 36.3 Å². The first kappa shape index (κ1) is 22.4. The fraction of sp³-hybridized carbons (Fsp3) is 0.400. The summed E-state index contributed by atoms with van der Waals surface area (Å²) >= 11 is 5.90. The maximum Gasteiger partial charge on any atom is 0.214 e. The highest BCUT2D eigenvalue weighted by atomic mass is 35.5. The molecule has 1 fully saturated rings. The van der Waals surface area contributed by atoms with Gasteiger partial charge in [0.15, 0.2) is 21.4 Å². The van der Waals surface area contributed by atoms with Gasteiger partial charge in [-0.15, -0.1) is 0 Å². The third-order valence-corrected chi connectivity index (χ3v) is 11.0. The molecular weight excluding hydrogens is 472 g/mol. The Labute approximate surface area is 184 Å². The van der Waals surface area contributed by atoms with E-state index in [1.807, 2.05) is 0 Å². The Hall–Kier alpha value is -1.75. The third kappa shape index (κ3) is 3.35. The lowest BCUT2D eigenvalue weighted by atomic mass is 9.73. The molecule has 0 aromatic heterocycles. The SMILES string of the molecule is CNS(=O)(=O)[C@@H]1CC[C@@]2(S(=O)(=O)c3ccc(Cl)cc3)c3c(F)ccc(F)c3OC[C@H]2C1. The molecule has 0 saturated heterocycles. The van der Waals surface area contributed by atoms with Crippen molar-refractivity contribution in [1.29, 1.82) is 0 Å². The minimum Gasteiger partial charge on any atom is -0.490 e. The molecule has 2 aromatic rings. The molecule has 2 aliphatic rings. The summed E-state index contributed by atoms with van der Waals surface area (Å²) in [6, 6.07) is 7.18. The number of nitrogens with one attached hydrogen (secondary N) is 1. The van der Waals surface area contributed by atoms with Crippen molar-refractivity contribution in [2.75, 3.05) is 13.7 Å². The zero-order valence-electron chi connectivity index (χ0n) is 16.4. The van der Waals surface area contributed by atoms with Crippen molar-refractivity contribution in [3.63, 3.8) is 0 Å². The van der Waals surface area contributed by atoms with Gasteiger partial charge in [0.25, 0.3) is 0 Å². The molecule has 6 nitrogen and oxygen atoms in total. The Morgan fingerprint density at radius 3 is 2.35 bits per heavy atom. The van der Waals surface area contributed by atoms with Crippen molar-refractivity contribution in [3.05, 3.63) is 58.6 Å². The average Bonchev–Trinajstić information content (AvgIpc) is 2.75. The van der Waals surface area contributed by atoms with Crippen LogP contribution in [0.1, 0.15) is 24.8 Å². The average molecular weight is 492 g/mol. The van der Waals surface area contributed by atoms with E-state index in [1.54, 1.807) is 0 Å². The van der Waals surface area contributed by atoms with Crippen molar-refractivity contribution in [2.45, 2.75) is 34.2 Å². The Bertz CT molecular complexity index is 1230. The van der Waals surface area contributed by atoms with Gasteiger partial charge in [-0.05, 0) is 62.7 Å². The lowest BCUT2D eigenvalue weighted by Gasteiger charge is -2.48. The third-order valence-electron chi connectivity index (χ3n) is 6.28. The van der Waals surface area contributed by atoms with Gasteiger partial charge in [-0.25, -0.2) is 30.3 Å². The van der Waals surface area contributed by atoms with Crippen molar-refractivity contribution in [3.8, 4) is 5.75 Å². The van der Waals surface area contributed by atoms with Gasteiger partial charge in [-0.3, -0.25) is 0 Å². The van der Waals surface area contributed by atoms with Gasteiger partial charge in [0.2, 0.25) is 10.0 Å². The zero-order valence-corrected chi connectivity index (χ0v) is 18.8. The van der Waals surface area contributed by atoms with E-state index in [1.165, 1.54) is 31.3 Å². The Balaban J connectivity index is 1.97. The van der Waals surface area contributed by atoms with Crippen LogP contribution in [0.5, 0.6) is 5.75 Å². The molecule has 11 heteroatoms. The first-order valence-electron chi connectivity index (χ1n) is 9.58. The predicted octanol–water partition coefficient (Wildman–Crippen LogP) is 3.40. The molecule has 0 unspecified atom stereocenters. The Morgan fingerprint density at radius 1 is 1.06 bits per heavy atom. The molecule has 1 aliphatic carbocycles. The lowest BCUT2D eigenvalue weighted by Crippen LogP contribution is -2.54. The fourth-order valence-electron chi connectivity index (χ4n) is 4.75. The van der Waals surface area contributed by atoms with E-state index < -0.39 is 53.2 Å². The summed E-state index contributed by atoms with van der Waals surface area (Å²) in [6.07, 6.45) is -0.321. The molecule has 0 bridgehead atoms. The van der Waals surface area contributed by atoms with Crippen LogP contribution in [0.25, 0.3) is 0 Å². The topological polar surface area (TPSA) is 89.5 Å². The molecule has 1 aliphatic heterocycles. The van der Waals surface area contributed by atoms with E-state index in [9.17, 15) is 21.2 Å². The summed E-state index contributed by atoms with van der Waals surface area (Å²) in [5.41, 5.74) is -0.376. The fourth-order valence-corrected chi connectivity index (χ4v) is 8.49. The molecule has 3 atom stereocenters. The highest BCUT2D eigenvalue weighted by molar-refractivity contribution is 7.92. The monoisotopic (exact) mass is 491 g/mol. The van der Waals surface area contributed by atoms with Gasteiger partial charge in [0, 0.05) is 10.9 Å². The molecule has 1 heterocycles. The highest BCUT2D eigenvalue weighted by Crippen LogP contribution is 2.57. The summed E-state index contributed by atoms with van der Waals surface area (Å²) in [6.45, 7) is -0.254. The summed E-state index contributed by atoms with van der Waals surface area (Å²) in [7, 11) is -6.70. The van der Waals surface area contributed by atoms with Crippen LogP contribution in [-0.4, -0.2) is 35.7 Å². The molecule has 0 spiro atoms. The number of sulfonamides is 1. The summed E-state index contributed by atoms with van der Waals surface area (Å²) < 4.78 is 88.2. The molecule has 1 saturated carbocycles. The minimum atomic E-state index is -4.29. The molecule has 0 radical (unpaired) electrons. The summed E-state index contributed by atoms with van der Waals surface area (Å²) in [5, 5.41) is -0.556. The maximum absolute atomic E-state index is 15.1. The van der Waals surface area contributed by atoms with Crippen LogP contribution in [0.3, 0.4) is 0 Å². The zero-order chi connectivity index (χ0) is 22.6. The van der Waals surface area contributed by atoms with E-state index in [0.29, 0.717) is 5.02 Å². The van der Waals surface area contributed by atoms with Crippen LogP contribution in [-0.2, 0) is 24.6 Å². The lowest BCUT2D eigenvalue weighted by molar-refractivity contribution is 0.125. The molecule has 4 rings (SSSR count). The highest BCUT2D eigenvalue weighted by Gasteiger charge is 2.60. The number of halogens is 3. The second kappa shape index (κ2) is 7.68. The van der Waals surface area contributed by atoms with Crippen molar-refractivity contribution in [1.82, 2.24) is 4.72 Å². The molecule has 31 heavy (non-hydrogen) atoms. The van der Waals surface area contributed by atoms with Crippen LogP contribution in [0.15, 0.2) is 41.3 Å². The second-order valence-electron chi connectivity index (χ2n) is 7.73. The van der Waals surface area contributed by atoms with E-state index in [0.717, 1.165) is 12.1 Å². The van der Waals surface area contributed by atoms with Crippen LogP contribution >= 0.6 is 11.6 Å². The van der Waals surface area contributed by atoms with Crippen LogP contribution in [0, 0.1) is 17.6 Å². The minimum absolute atomic E-state index is 0.0398. The number of fused-ring (bicyclic) bond motifs is 3. The van der Waals surface area contributed by atoms with Gasteiger partial charge >= 0.3 is 0 Å². The standard InChI is InChI=1S/C20H20ClF2NO5S2/c1-24-31(27,28)15-8-9-20(30(25,26)14-4-2-13(21)3-5-14)12(10-15)11-29-19-17(23)7-6-16(22)18(19)20/h2-7,12,15,24H,8-11H2,1H3/t12-,15-,20+/m1/s1. The smallest absolute Gasteiger partial charge is 0.214 e. The van der Waals surface area contributed by atoms with Crippen molar-refractivity contribution >= 4 is 31.5 Å². The second-order valence-corrected chi connectivity index (χ2v) is 12.5. The first-order chi connectivity index (χ1) is 14.5. The molecule has 2 aromatic carbocycles. The number of benzene rings is 2. The van der Waals surface area contributed by atoms with E-state index >= 15 is 4.39 Å². The van der Waals surface area contributed by atoms with Crippen molar-refractivity contribution < 1.29 is 30.4 Å². The van der Waals surface area contributed by atoms with Crippen LogP contribution < -0.4 is 9.46 Å². The first-order valence-corrected chi connectivity index (χ1v) is 13.0. The van der Waals surface area contributed by atoms with E-state index in [4.69, 9.17) is 16.3 Å². The van der Waals surface area contributed by atoms with E-state index in [2.05, 4.69) is 4.72 Å². The Kier molecular flexibility index (Phi) is 5.56. The van der Waals surface area contributed by atoms with Crippen molar-refractivity contribution in [2.24, 2.45) is 5.92 Å². The van der Waals surface area contributed by atoms with Gasteiger partial charge in [0.05, 0.1) is 22.3 Å². The van der Waals surface area contributed by atoms with Crippen LogP contribution in [0.2, 0.25) is 5.02 Å². The number of ether oxygens (including phenoxy) is 1. The van der Waals surface area contributed by atoms with Crippen LogP contribution in [0.4, 0.5) is 8.78 Å². The number of rotatable bonds is 4. The maximum atomic E-state index is 15.1.